The second-order valence-electron chi connectivity index (χ2n) is 6.36. The number of likely N-dealkylation sites (N-methyl/N-ethyl adjacent to an activating group) is 1. The van der Waals surface area contributed by atoms with Gasteiger partial charge in [0.05, 0.1) is 25.7 Å². The van der Waals surface area contributed by atoms with Gasteiger partial charge in [0, 0.05) is 18.9 Å². The fraction of sp³-hybridized carbons (Fsp3) is 0.800. The summed E-state index contributed by atoms with van der Waals surface area (Å²) in [4.78, 5) is 36.5. The summed E-state index contributed by atoms with van der Waals surface area (Å²) in [6, 6.07) is -0.428. The van der Waals surface area contributed by atoms with E-state index in [1.807, 2.05) is 6.92 Å². The first-order valence-corrected chi connectivity index (χ1v) is 7.57. The lowest BCUT2D eigenvalue weighted by Crippen LogP contribution is -2.44. The van der Waals surface area contributed by atoms with Crippen molar-refractivity contribution in [1.82, 2.24) is 4.90 Å². The van der Waals surface area contributed by atoms with Gasteiger partial charge in [-0.3, -0.25) is 9.59 Å². The minimum absolute atomic E-state index is 0.0561. The number of nitrogens with zero attached hydrogens (tertiary/aromatic N) is 1. The molecule has 1 heterocycles. The van der Waals surface area contributed by atoms with E-state index in [1.165, 1.54) is 11.9 Å². The van der Waals surface area contributed by atoms with Crippen molar-refractivity contribution < 1.29 is 28.6 Å². The first-order chi connectivity index (χ1) is 10.4. The quantitative estimate of drug-likeness (QED) is 0.565. The Hall–Kier alpha value is -1.63. The van der Waals surface area contributed by atoms with Crippen molar-refractivity contribution in [2.24, 2.45) is 5.41 Å². The summed E-state index contributed by atoms with van der Waals surface area (Å²) in [6.45, 7) is 2.58. The summed E-state index contributed by atoms with van der Waals surface area (Å²) < 4.78 is 14.9. The lowest BCUT2D eigenvalue weighted by molar-refractivity contribution is -0.166. The van der Waals surface area contributed by atoms with Gasteiger partial charge in [0.2, 0.25) is 6.79 Å². The molecule has 0 radical (unpaired) electrons. The third kappa shape index (κ3) is 4.19. The van der Waals surface area contributed by atoms with Crippen LogP contribution in [0.1, 0.15) is 39.0 Å². The van der Waals surface area contributed by atoms with E-state index in [0.717, 1.165) is 12.8 Å². The smallest absolute Gasteiger partial charge is 0.413 e. The summed E-state index contributed by atoms with van der Waals surface area (Å²) in [5.41, 5.74) is -0.174. The minimum atomic E-state index is -0.647. The SMILES string of the molecule is CN(C(=O)OCOC(=O)CC1(C)COC1)C1CCCCC1=O. The highest BCUT2D eigenvalue weighted by molar-refractivity contribution is 5.87. The molecule has 2 rings (SSSR count). The molecule has 1 amide bonds. The maximum absolute atomic E-state index is 11.9. The van der Waals surface area contributed by atoms with Gasteiger partial charge in [-0.2, -0.15) is 0 Å². The van der Waals surface area contributed by atoms with Crippen LogP contribution in [0.5, 0.6) is 0 Å². The van der Waals surface area contributed by atoms with Crippen LogP contribution in [0.15, 0.2) is 0 Å². The number of ketones is 1. The molecule has 7 heteroatoms. The Bertz CT molecular complexity index is 445. The number of carbonyl (C=O) groups is 3. The predicted molar refractivity (Wildman–Crippen MR) is 76.0 cm³/mol. The Kier molecular flexibility index (Phi) is 5.39. The summed E-state index contributed by atoms with van der Waals surface area (Å²) in [7, 11) is 1.53. The van der Waals surface area contributed by atoms with Crippen molar-refractivity contribution in [3.8, 4) is 0 Å². The largest absolute Gasteiger partial charge is 0.428 e. The van der Waals surface area contributed by atoms with Gasteiger partial charge in [-0.15, -0.1) is 0 Å². The van der Waals surface area contributed by atoms with E-state index in [9.17, 15) is 14.4 Å². The van der Waals surface area contributed by atoms with Crippen LogP contribution in [0.2, 0.25) is 0 Å². The van der Waals surface area contributed by atoms with Crippen molar-refractivity contribution in [3.05, 3.63) is 0 Å². The maximum Gasteiger partial charge on any atom is 0.413 e. The Labute approximate surface area is 129 Å². The van der Waals surface area contributed by atoms with Crippen LogP contribution in [0.3, 0.4) is 0 Å². The number of hydrogen-bond acceptors (Lipinski definition) is 6. The molecule has 0 bridgehead atoms. The average Bonchev–Trinajstić information content (AvgIpc) is 2.45. The van der Waals surface area contributed by atoms with E-state index in [0.29, 0.717) is 26.1 Å². The topological polar surface area (TPSA) is 82.1 Å². The van der Waals surface area contributed by atoms with Gasteiger partial charge in [-0.05, 0) is 12.8 Å². The van der Waals surface area contributed by atoms with Crippen LogP contribution < -0.4 is 0 Å². The summed E-state index contributed by atoms with van der Waals surface area (Å²) in [6.07, 6.45) is 2.54. The average molecular weight is 313 g/mol. The molecule has 0 aromatic heterocycles. The van der Waals surface area contributed by atoms with Gasteiger partial charge in [-0.25, -0.2) is 4.79 Å². The van der Waals surface area contributed by atoms with E-state index < -0.39 is 24.9 Å². The van der Waals surface area contributed by atoms with E-state index >= 15 is 0 Å². The van der Waals surface area contributed by atoms with E-state index in [1.54, 1.807) is 0 Å². The molecule has 1 aliphatic heterocycles. The highest BCUT2D eigenvalue weighted by Gasteiger charge is 2.36. The molecule has 0 aromatic rings. The molecule has 22 heavy (non-hydrogen) atoms. The second kappa shape index (κ2) is 7.09. The Morgan fingerprint density at radius 1 is 1.32 bits per heavy atom. The molecule has 1 atom stereocenters. The van der Waals surface area contributed by atoms with Crippen molar-refractivity contribution in [3.63, 3.8) is 0 Å². The molecular weight excluding hydrogens is 290 g/mol. The molecule has 1 aliphatic carbocycles. The van der Waals surface area contributed by atoms with E-state index in [-0.39, 0.29) is 17.6 Å². The molecule has 1 unspecified atom stereocenters. The van der Waals surface area contributed by atoms with Crippen molar-refractivity contribution in [2.45, 2.75) is 45.1 Å². The van der Waals surface area contributed by atoms with Crippen LogP contribution in [0.4, 0.5) is 4.79 Å². The highest BCUT2D eigenvalue weighted by Crippen LogP contribution is 2.30. The van der Waals surface area contributed by atoms with Crippen molar-refractivity contribution >= 4 is 17.8 Å². The Morgan fingerprint density at radius 2 is 2.05 bits per heavy atom. The molecular formula is C15H23NO6. The van der Waals surface area contributed by atoms with Crippen LogP contribution >= 0.6 is 0 Å². The number of ether oxygens (including phenoxy) is 3. The zero-order valence-corrected chi connectivity index (χ0v) is 13.1. The van der Waals surface area contributed by atoms with Crippen LogP contribution in [0, 0.1) is 5.41 Å². The zero-order valence-electron chi connectivity index (χ0n) is 13.1. The van der Waals surface area contributed by atoms with Gasteiger partial charge in [0.15, 0.2) is 5.78 Å². The first-order valence-electron chi connectivity index (χ1n) is 7.57. The molecule has 7 nitrogen and oxygen atoms in total. The third-order valence-electron chi connectivity index (χ3n) is 4.15. The lowest BCUT2D eigenvalue weighted by atomic mass is 9.85. The van der Waals surface area contributed by atoms with Crippen molar-refractivity contribution in [2.75, 3.05) is 27.1 Å². The summed E-state index contributed by atoms with van der Waals surface area (Å²) in [5.74, 6) is -0.365. The molecule has 124 valence electrons. The fourth-order valence-electron chi connectivity index (χ4n) is 2.70. The normalized spacial score (nSPS) is 23.4. The van der Waals surface area contributed by atoms with Gasteiger partial charge in [0.25, 0.3) is 0 Å². The third-order valence-corrected chi connectivity index (χ3v) is 4.15. The van der Waals surface area contributed by atoms with Crippen LogP contribution in [-0.2, 0) is 23.8 Å². The van der Waals surface area contributed by atoms with Crippen LogP contribution in [0.25, 0.3) is 0 Å². The lowest BCUT2D eigenvalue weighted by Gasteiger charge is -2.36. The van der Waals surface area contributed by atoms with Crippen LogP contribution in [-0.4, -0.2) is 55.8 Å². The first kappa shape index (κ1) is 16.7. The number of hydrogen-bond donors (Lipinski definition) is 0. The number of amides is 1. The monoisotopic (exact) mass is 313 g/mol. The standard InChI is InChI=1S/C15H23NO6/c1-15(8-20-9-15)7-13(18)21-10-22-14(19)16(2)11-5-3-4-6-12(11)17/h11H,3-10H2,1-2H3. The number of rotatable bonds is 5. The number of Topliss-reactive ketones (excluding diaryl/α,β-unsaturated/α-hetero) is 1. The zero-order chi connectivity index (χ0) is 16.2. The van der Waals surface area contributed by atoms with E-state index in [2.05, 4.69) is 0 Å². The molecule has 2 aliphatic rings. The minimum Gasteiger partial charge on any atom is -0.428 e. The summed E-state index contributed by atoms with van der Waals surface area (Å²) >= 11 is 0. The predicted octanol–water partition coefficient (Wildman–Crippen LogP) is 1.49. The Morgan fingerprint density at radius 3 is 2.64 bits per heavy atom. The molecule has 0 aromatic carbocycles. The molecule has 1 saturated carbocycles. The highest BCUT2D eigenvalue weighted by atomic mass is 16.7. The molecule has 1 saturated heterocycles. The van der Waals surface area contributed by atoms with Gasteiger partial charge >= 0.3 is 12.1 Å². The second-order valence-corrected chi connectivity index (χ2v) is 6.36. The number of carbonyl (C=O) groups excluding carboxylic acids is 3. The van der Waals surface area contributed by atoms with Crippen molar-refractivity contribution in [1.29, 1.82) is 0 Å². The van der Waals surface area contributed by atoms with Gasteiger partial charge in [-0.1, -0.05) is 13.3 Å². The molecule has 0 spiro atoms. The maximum atomic E-state index is 11.9. The summed E-state index contributed by atoms with van der Waals surface area (Å²) in [5, 5.41) is 0. The number of esters is 1. The van der Waals surface area contributed by atoms with Gasteiger partial charge < -0.3 is 19.1 Å². The van der Waals surface area contributed by atoms with Gasteiger partial charge in [0.1, 0.15) is 0 Å². The molecule has 2 fully saturated rings. The fourth-order valence-corrected chi connectivity index (χ4v) is 2.70. The van der Waals surface area contributed by atoms with E-state index in [4.69, 9.17) is 14.2 Å². The Balaban J connectivity index is 1.68. The molecule has 0 N–H and O–H groups in total.